The van der Waals surface area contributed by atoms with E-state index in [0.29, 0.717) is 17.0 Å². The second-order valence-corrected chi connectivity index (χ2v) is 6.25. The van der Waals surface area contributed by atoms with Gasteiger partial charge in [0, 0.05) is 29.0 Å². The number of benzene rings is 1. The molecule has 0 aliphatic carbocycles. The van der Waals surface area contributed by atoms with Gasteiger partial charge in [-0.25, -0.2) is 0 Å². The average molecular weight is 259 g/mol. The highest BCUT2D eigenvalue weighted by molar-refractivity contribution is 8.00. The molecule has 92 valence electrons. The average Bonchev–Trinajstić information content (AvgIpc) is 3.12. The summed E-state index contributed by atoms with van der Waals surface area (Å²) in [6.45, 7) is 0.884. The summed E-state index contributed by atoms with van der Waals surface area (Å²) in [6.07, 6.45) is 1.15. The fourth-order valence-corrected chi connectivity index (χ4v) is 4.35. The zero-order valence-corrected chi connectivity index (χ0v) is 10.6. The van der Waals surface area contributed by atoms with Crippen LogP contribution in [0.25, 0.3) is 10.9 Å². The summed E-state index contributed by atoms with van der Waals surface area (Å²) in [4.78, 5) is 14.5. The monoisotopic (exact) mass is 259 g/mol. The SMILES string of the molecule is O=C(c1n[nH]c2ccccc12)N1C[C@H]2C[C@H]1CS2. The normalized spacial score (nSPS) is 26.1. The molecule has 2 aliphatic heterocycles. The number of aromatic nitrogens is 2. The molecule has 2 saturated heterocycles. The van der Waals surface area contributed by atoms with Crippen LogP contribution in [0.3, 0.4) is 0 Å². The summed E-state index contributed by atoms with van der Waals surface area (Å²) in [5.41, 5.74) is 1.50. The molecule has 3 heterocycles. The van der Waals surface area contributed by atoms with Gasteiger partial charge in [-0.2, -0.15) is 16.9 Å². The number of carbonyl (C=O) groups is 1. The van der Waals surface area contributed by atoms with E-state index in [0.717, 1.165) is 29.6 Å². The molecular weight excluding hydrogens is 246 g/mol. The van der Waals surface area contributed by atoms with Gasteiger partial charge in [0.25, 0.3) is 5.91 Å². The molecule has 2 aliphatic rings. The van der Waals surface area contributed by atoms with Gasteiger partial charge in [0.2, 0.25) is 0 Å². The van der Waals surface area contributed by atoms with Crippen molar-refractivity contribution in [3.8, 4) is 0 Å². The number of H-pyrrole nitrogens is 1. The number of hydrogen-bond donors (Lipinski definition) is 1. The lowest BCUT2D eigenvalue weighted by Gasteiger charge is -2.25. The number of carbonyl (C=O) groups excluding carboxylic acids is 1. The number of likely N-dealkylation sites (tertiary alicyclic amines) is 1. The molecule has 1 amide bonds. The standard InChI is InChI=1S/C13H13N3OS/c17-13(16-6-9-5-8(16)7-18-9)12-10-3-1-2-4-11(10)14-15-12/h1-4,8-9H,5-7H2,(H,14,15)/t8-,9+/m0/s1. The van der Waals surface area contributed by atoms with Crippen LogP contribution in [0.15, 0.2) is 24.3 Å². The maximum atomic E-state index is 12.5. The maximum absolute atomic E-state index is 12.5. The Bertz CT molecular complexity index is 623. The van der Waals surface area contributed by atoms with E-state index in [2.05, 4.69) is 10.2 Å². The Morgan fingerprint density at radius 3 is 3.11 bits per heavy atom. The number of fused-ring (bicyclic) bond motifs is 3. The Labute approximate surface area is 109 Å². The number of thioether (sulfide) groups is 1. The van der Waals surface area contributed by atoms with Gasteiger partial charge in [0.1, 0.15) is 0 Å². The highest BCUT2D eigenvalue weighted by atomic mass is 32.2. The summed E-state index contributed by atoms with van der Waals surface area (Å²) in [5.74, 6) is 1.17. The number of aromatic amines is 1. The predicted molar refractivity (Wildman–Crippen MR) is 71.8 cm³/mol. The number of amides is 1. The number of nitrogens with one attached hydrogen (secondary N) is 1. The smallest absolute Gasteiger partial charge is 0.275 e. The Morgan fingerprint density at radius 1 is 1.44 bits per heavy atom. The third-order valence-electron chi connectivity index (χ3n) is 3.83. The van der Waals surface area contributed by atoms with Crippen LogP contribution in [-0.2, 0) is 0 Å². The lowest BCUT2D eigenvalue weighted by molar-refractivity contribution is 0.0743. The minimum Gasteiger partial charge on any atom is -0.332 e. The van der Waals surface area contributed by atoms with Crippen LogP contribution < -0.4 is 0 Å². The molecule has 18 heavy (non-hydrogen) atoms. The second-order valence-electron chi connectivity index (χ2n) is 4.92. The molecule has 2 bridgehead atoms. The van der Waals surface area contributed by atoms with Crippen molar-refractivity contribution < 1.29 is 4.79 Å². The molecule has 1 aromatic carbocycles. The predicted octanol–water partition coefficient (Wildman–Crippen LogP) is 1.89. The van der Waals surface area contributed by atoms with Crippen molar-refractivity contribution in [1.29, 1.82) is 0 Å². The highest BCUT2D eigenvalue weighted by Gasteiger charge is 2.41. The van der Waals surface area contributed by atoms with Crippen LogP contribution in [0.5, 0.6) is 0 Å². The molecular formula is C13H13N3OS. The maximum Gasteiger partial charge on any atom is 0.275 e. The minimum absolute atomic E-state index is 0.0836. The second kappa shape index (κ2) is 3.75. The minimum atomic E-state index is 0.0836. The molecule has 1 N–H and O–H groups in total. The van der Waals surface area contributed by atoms with E-state index in [9.17, 15) is 4.79 Å². The lowest BCUT2D eigenvalue weighted by Crippen LogP contribution is -2.39. The summed E-state index contributed by atoms with van der Waals surface area (Å²) < 4.78 is 0. The molecule has 1 aromatic heterocycles. The third kappa shape index (κ3) is 1.40. The van der Waals surface area contributed by atoms with Crippen LogP contribution in [0.4, 0.5) is 0 Å². The van der Waals surface area contributed by atoms with E-state index >= 15 is 0 Å². The van der Waals surface area contributed by atoms with Crippen molar-refractivity contribution >= 4 is 28.6 Å². The van der Waals surface area contributed by atoms with E-state index in [1.54, 1.807) is 0 Å². The van der Waals surface area contributed by atoms with E-state index in [1.807, 2.05) is 40.9 Å². The van der Waals surface area contributed by atoms with E-state index in [4.69, 9.17) is 0 Å². The first kappa shape index (κ1) is 10.4. The summed E-state index contributed by atoms with van der Waals surface area (Å²) in [7, 11) is 0. The number of rotatable bonds is 1. The molecule has 0 unspecified atom stereocenters. The van der Waals surface area contributed by atoms with Crippen molar-refractivity contribution in [3.05, 3.63) is 30.0 Å². The Hall–Kier alpha value is -1.49. The zero-order chi connectivity index (χ0) is 12.1. The molecule has 0 spiro atoms. The number of hydrogen-bond acceptors (Lipinski definition) is 3. The van der Waals surface area contributed by atoms with Crippen molar-refractivity contribution in [2.24, 2.45) is 0 Å². The van der Waals surface area contributed by atoms with Gasteiger partial charge in [-0.1, -0.05) is 18.2 Å². The first-order valence-corrected chi connectivity index (χ1v) is 7.23. The van der Waals surface area contributed by atoms with Crippen LogP contribution >= 0.6 is 11.8 Å². The molecule has 4 rings (SSSR count). The Morgan fingerprint density at radius 2 is 2.33 bits per heavy atom. The summed E-state index contributed by atoms with van der Waals surface area (Å²) in [5, 5.41) is 8.71. The largest absolute Gasteiger partial charge is 0.332 e. The van der Waals surface area contributed by atoms with Crippen LogP contribution in [0, 0.1) is 0 Å². The third-order valence-corrected chi connectivity index (χ3v) is 5.22. The van der Waals surface area contributed by atoms with E-state index in [1.165, 1.54) is 0 Å². The van der Waals surface area contributed by atoms with Gasteiger partial charge in [0.15, 0.2) is 5.69 Å². The molecule has 2 atom stereocenters. The van der Waals surface area contributed by atoms with E-state index in [-0.39, 0.29) is 5.91 Å². The summed E-state index contributed by atoms with van der Waals surface area (Å²) >= 11 is 1.99. The first-order valence-electron chi connectivity index (χ1n) is 6.18. The van der Waals surface area contributed by atoms with Crippen molar-refractivity contribution in [3.63, 3.8) is 0 Å². The molecule has 2 aromatic rings. The topological polar surface area (TPSA) is 49.0 Å². The quantitative estimate of drug-likeness (QED) is 0.851. The molecule has 0 radical (unpaired) electrons. The molecule has 2 fully saturated rings. The van der Waals surface area contributed by atoms with Crippen molar-refractivity contribution in [2.75, 3.05) is 12.3 Å². The lowest BCUT2D eigenvalue weighted by atomic mass is 10.2. The van der Waals surface area contributed by atoms with Gasteiger partial charge in [-0.3, -0.25) is 9.89 Å². The van der Waals surface area contributed by atoms with Gasteiger partial charge in [-0.05, 0) is 12.5 Å². The Balaban J connectivity index is 1.72. The van der Waals surface area contributed by atoms with Gasteiger partial charge < -0.3 is 4.90 Å². The fraction of sp³-hybridized carbons (Fsp3) is 0.385. The number of nitrogens with zero attached hydrogens (tertiary/aromatic N) is 2. The zero-order valence-electron chi connectivity index (χ0n) is 9.80. The van der Waals surface area contributed by atoms with Gasteiger partial charge in [0.05, 0.1) is 5.52 Å². The first-order chi connectivity index (χ1) is 8.83. The van der Waals surface area contributed by atoms with E-state index < -0.39 is 0 Å². The number of para-hydroxylation sites is 1. The highest BCUT2D eigenvalue weighted by Crippen LogP contribution is 2.38. The fourth-order valence-electron chi connectivity index (χ4n) is 2.91. The van der Waals surface area contributed by atoms with Gasteiger partial charge in [-0.15, -0.1) is 0 Å². The molecule has 0 saturated carbocycles. The summed E-state index contributed by atoms with van der Waals surface area (Å²) in [6, 6.07) is 8.22. The molecule has 5 heteroatoms. The molecule has 4 nitrogen and oxygen atoms in total. The van der Waals surface area contributed by atoms with Gasteiger partial charge >= 0.3 is 0 Å². The van der Waals surface area contributed by atoms with Crippen LogP contribution in [-0.4, -0.2) is 44.6 Å². The van der Waals surface area contributed by atoms with Crippen LogP contribution in [0.2, 0.25) is 0 Å². The van der Waals surface area contributed by atoms with Crippen molar-refractivity contribution in [2.45, 2.75) is 17.7 Å². The van der Waals surface area contributed by atoms with Crippen LogP contribution in [0.1, 0.15) is 16.9 Å². The Kier molecular flexibility index (Phi) is 2.17. The van der Waals surface area contributed by atoms with Crippen molar-refractivity contribution in [1.82, 2.24) is 15.1 Å².